The van der Waals surface area contributed by atoms with Crippen molar-refractivity contribution in [2.45, 2.75) is 148 Å². The van der Waals surface area contributed by atoms with Gasteiger partial charge in [-0.3, -0.25) is 28.8 Å². The molecule has 6 amide bonds. The van der Waals surface area contributed by atoms with Gasteiger partial charge >= 0.3 is 0 Å². The number of carbonyl (C=O) groups excluding carboxylic acids is 6. The Bertz CT molecular complexity index is 1190. The van der Waals surface area contributed by atoms with E-state index in [9.17, 15) is 33.9 Å². The maximum Gasteiger partial charge on any atom is 0.246 e. The highest BCUT2D eigenvalue weighted by atomic mass is 16.3. The summed E-state index contributed by atoms with van der Waals surface area (Å²) in [5.74, 6) is -2.22. The third-order valence-electron chi connectivity index (χ3n) is 10.7. The molecule has 8 atom stereocenters. The third-order valence-corrected chi connectivity index (χ3v) is 10.7. The molecule has 0 aromatic heterocycles. The minimum absolute atomic E-state index is 0.133. The average molecular weight is 703 g/mol. The summed E-state index contributed by atoms with van der Waals surface area (Å²) < 4.78 is 0. The molecule has 2 radical (unpaired) electrons. The van der Waals surface area contributed by atoms with Crippen LogP contribution in [0.25, 0.3) is 0 Å². The molecule has 2 unspecified atom stereocenters. The van der Waals surface area contributed by atoms with Gasteiger partial charge < -0.3 is 36.2 Å². The Kier molecular flexibility index (Phi) is 16.0. The first-order chi connectivity index (χ1) is 23.7. The van der Waals surface area contributed by atoms with E-state index in [2.05, 4.69) is 28.2 Å². The molecule has 1 saturated carbocycles. The van der Waals surface area contributed by atoms with Crippen LogP contribution < -0.4 is 21.3 Å². The molecular formula is C37H62N6O7. The van der Waals surface area contributed by atoms with Crippen molar-refractivity contribution in [3.63, 3.8) is 0 Å². The van der Waals surface area contributed by atoms with Crippen LogP contribution in [0, 0.1) is 30.6 Å². The predicted octanol–water partition coefficient (Wildman–Crippen LogP) is 1.94. The molecule has 1 aliphatic carbocycles. The topological polar surface area (TPSA) is 177 Å². The van der Waals surface area contributed by atoms with Crippen LogP contribution in [0.1, 0.15) is 112 Å². The second-order valence-corrected chi connectivity index (χ2v) is 15.2. The van der Waals surface area contributed by atoms with Crippen LogP contribution >= 0.6 is 0 Å². The Morgan fingerprint density at radius 1 is 0.780 bits per heavy atom. The number of nitrogens with one attached hydrogen (secondary N) is 4. The summed E-state index contributed by atoms with van der Waals surface area (Å²) >= 11 is 0. The fourth-order valence-corrected chi connectivity index (χ4v) is 7.55. The highest BCUT2D eigenvalue weighted by Gasteiger charge is 2.42. The predicted molar refractivity (Wildman–Crippen MR) is 189 cm³/mol. The summed E-state index contributed by atoms with van der Waals surface area (Å²) in [6.45, 7) is 18.3. The molecule has 2 aliphatic heterocycles. The standard InChI is InChI=1S/C37H62N6O7/c1-8-17-38-35(48)32(26(7)44)41-33(46)28-15-12-18-42(28)36(49)25(6)39-34(47)29-20-23(4)16-19-43(29)37(50)31(22(2)3)40-30(45)21-24(5)27-13-10-9-11-14-27/h6,22-29,31-32,44H,8-21H2,1-5,7H3,(H,38,48)(H,39,47)(H,40,45)(H,41,46)/t23?,24-,25-,26?,28-,29-,31-,32-/m0/s1. The quantitative estimate of drug-likeness (QED) is 0.173. The monoisotopic (exact) mass is 702 g/mol. The number of rotatable bonds is 15. The van der Waals surface area contributed by atoms with Gasteiger partial charge in [0.1, 0.15) is 30.2 Å². The first-order valence-corrected chi connectivity index (χ1v) is 18.9. The summed E-state index contributed by atoms with van der Waals surface area (Å²) in [6, 6.07) is -5.31. The highest BCUT2D eigenvalue weighted by Crippen LogP contribution is 2.32. The van der Waals surface area contributed by atoms with E-state index >= 15 is 0 Å². The van der Waals surface area contributed by atoms with Gasteiger partial charge in [-0.15, -0.1) is 0 Å². The zero-order chi connectivity index (χ0) is 37.1. The molecule has 5 N–H and O–H groups in total. The number of hydrogen-bond donors (Lipinski definition) is 5. The molecule has 0 aromatic carbocycles. The summed E-state index contributed by atoms with van der Waals surface area (Å²) in [6.07, 6.45) is 7.62. The van der Waals surface area contributed by atoms with E-state index in [4.69, 9.17) is 6.92 Å². The zero-order valence-electron chi connectivity index (χ0n) is 31.0. The largest absolute Gasteiger partial charge is 0.391 e. The van der Waals surface area contributed by atoms with Crippen molar-refractivity contribution in [3.05, 3.63) is 6.92 Å². The van der Waals surface area contributed by atoms with Crippen LogP contribution in [0.15, 0.2) is 0 Å². The smallest absolute Gasteiger partial charge is 0.246 e. The maximum atomic E-state index is 14.0. The van der Waals surface area contributed by atoms with Crippen molar-refractivity contribution in [3.8, 4) is 0 Å². The van der Waals surface area contributed by atoms with Crippen molar-refractivity contribution in [1.82, 2.24) is 31.1 Å². The van der Waals surface area contributed by atoms with Gasteiger partial charge in [-0.25, -0.2) is 0 Å². The molecule has 3 rings (SSSR count). The van der Waals surface area contributed by atoms with E-state index in [1.54, 1.807) is 0 Å². The highest BCUT2D eigenvalue weighted by molar-refractivity contribution is 5.97. The Balaban J connectivity index is 1.65. The van der Waals surface area contributed by atoms with Crippen molar-refractivity contribution in [2.75, 3.05) is 19.6 Å². The number of aliphatic hydroxyl groups is 1. The van der Waals surface area contributed by atoms with Crippen LogP contribution in [0.2, 0.25) is 0 Å². The number of piperidine rings is 1. The summed E-state index contributed by atoms with van der Waals surface area (Å²) in [5.41, 5.74) is 0. The molecule has 3 aliphatic rings. The molecule has 13 nitrogen and oxygen atoms in total. The first-order valence-electron chi connectivity index (χ1n) is 18.9. The lowest BCUT2D eigenvalue weighted by atomic mass is 9.79. The molecule has 3 fully saturated rings. The van der Waals surface area contributed by atoms with Crippen molar-refractivity contribution in [1.29, 1.82) is 0 Å². The van der Waals surface area contributed by atoms with Crippen molar-refractivity contribution in [2.24, 2.45) is 23.7 Å². The van der Waals surface area contributed by atoms with E-state index in [1.807, 2.05) is 27.7 Å². The number of aliphatic hydroxyl groups excluding tert-OH is 1. The van der Waals surface area contributed by atoms with E-state index in [-0.39, 0.29) is 36.1 Å². The number of hydrogen-bond acceptors (Lipinski definition) is 7. The van der Waals surface area contributed by atoms with Gasteiger partial charge in [0.2, 0.25) is 35.4 Å². The lowest BCUT2D eigenvalue weighted by molar-refractivity contribution is -0.148. The Morgan fingerprint density at radius 3 is 2.04 bits per heavy atom. The zero-order valence-corrected chi connectivity index (χ0v) is 31.0. The number of carbonyl (C=O) groups is 6. The molecule has 0 spiro atoms. The molecule has 0 aromatic rings. The lowest BCUT2D eigenvalue weighted by Crippen LogP contribution is -2.61. The Labute approximate surface area is 298 Å². The van der Waals surface area contributed by atoms with E-state index in [0.29, 0.717) is 57.5 Å². The molecule has 2 heterocycles. The van der Waals surface area contributed by atoms with Gasteiger partial charge in [0.15, 0.2) is 0 Å². The average Bonchev–Trinajstić information content (AvgIpc) is 3.58. The second-order valence-electron chi connectivity index (χ2n) is 15.2. The van der Waals surface area contributed by atoms with Gasteiger partial charge in [-0.05, 0) is 69.6 Å². The SMILES string of the molecule is [CH][C@H](NC(=O)[C@@H]1CC(C)CCN1C(=O)[C@@H](NC(=O)C[C@H](C)C1CCCCC1)C(C)C)C(=O)N1CCC[C@H]1C(=O)N[C@H](C(=O)NCCC)C(C)O. The summed E-state index contributed by atoms with van der Waals surface area (Å²) in [5, 5.41) is 21.0. The van der Waals surface area contributed by atoms with Crippen LogP contribution in [0.4, 0.5) is 0 Å². The fourth-order valence-electron chi connectivity index (χ4n) is 7.55. The molecule has 2 saturated heterocycles. The van der Waals surface area contributed by atoms with E-state index in [1.165, 1.54) is 36.0 Å². The van der Waals surface area contributed by atoms with Gasteiger partial charge in [-0.2, -0.15) is 0 Å². The Morgan fingerprint density at radius 2 is 1.42 bits per heavy atom. The number of likely N-dealkylation sites (tertiary alicyclic amines) is 2. The van der Waals surface area contributed by atoms with Crippen LogP contribution in [-0.2, 0) is 28.8 Å². The number of nitrogens with zero attached hydrogens (tertiary/aromatic N) is 2. The van der Waals surface area contributed by atoms with Gasteiger partial charge in [-0.1, -0.05) is 66.7 Å². The minimum atomic E-state index is -1.48. The summed E-state index contributed by atoms with van der Waals surface area (Å²) in [7, 11) is 0. The van der Waals surface area contributed by atoms with Gasteiger partial charge in [0, 0.05) is 26.1 Å². The molecule has 50 heavy (non-hydrogen) atoms. The fraction of sp³-hybridized carbons (Fsp3) is 0.811. The molecule has 282 valence electrons. The van der Waals surface area contributed by atoms with Gasteiger partial charge in [0.05, 0.1) is 6.10 Å². The van der Waals surface area contributed by atoms with E-state index in [0.717, 1.165) is 12.8 Å². The lowest BCUT2D eigenvalue weighted by Gasteiger charge is -2.40. The molecule has 13 heteroatoms. The van der Waals surface area contributed by atoms with Gasteiger partial charge in [0.25, 0.3) is 0 Å². The van der Waals surface area contributed by atoms with Crippen molar-refractivity contribution >= 4 is 35.4 Å². The normalized spacial score (nSPS) is 24.5. The Hall–Kier alpha value is -3.22. The minimum Gasteiger partial charge on any atom is -0.391 e. The van der Waals surface area contributed by atoms with Crippen LogP contribution in [-0.4, -0.2) is 106 Å². The maximum absolute atomic E-state index is 14.0. The van der Waals surface area contributed by atoms with Crippen LogP contribution in [0.5, 0.6) is 0 Å². The second kappa shape index (κ2) is 19.4. The van der Waals surface area contributed by atoms with Crippen LogP contribution in [0.3, 0.4) is 0 Å². The molecular weight excluding hydrogens is 640 g/mol. The molecule has 0 bridgehead atoms. The summed E-state index contributed by atoms with van der Waals surface area (Å²) in [4.78, 5) is 83.0. The third kappa shape index (κ3) is 11.1. The number of amides is 6. The van der Waals surface area contributed by atoms with Crippen molar-refractivity contribution < 1.29 is 33.9 Å². The first kappa shape index (κ1) is 41.2. The van der Waals surface area contributed by atoms with E-state index < -0.39 is 59.9 Å².